The lowest BCUT2D eigenvalue weighted by Gasteiger charge is -1.96. The number of hydrogen-bond donors (Lipinski definition) is 0. The lowest BCUT2D eigenvalue weighted by Crippen LogP contribution is -2.04. The first kappa shape index (κ1) is 11.5. The Balaban J connectivity index is 2.40. The molecule has 1 aromatic carbocycles. The van der Waals surface area contributed by atoms with Crippen LogP contribution in [0.3, 0.4) is 0 Å². The minimum absolute atomic E-state index is 0.0461. The van der Waals surface area contributed by atoms with E-state index in [-0.39, 0.29) is 17.3 Å². The van der Waals surface area contributed by atoms with Crippen molar-refractivity contribution in [3.8, 4) is 0 Å². The fraction of sp³-hybridized carbons (Fsp3) is 0.273. The lowest BCUT2D eigenvalue weighted by atomic mass is 10.2. The molecule has 0 bridgehead atoms. The number of benzene rings is 1. The monoisotopic (exact) mass is 258 g/mol. The van der Waals surface area contributed by atoms with E-state index in [1.807, 2.05) is 6.07 Å². The van der Waals surface area contributed by atoms with E-state index in [2.05, 4.69) is 0 Å². The second-order valence-electron chi connectivity index (χ2n) is 3.57. The van der Waals surface area contributed by atoms with Crippen molar-refractivity contribution >= 4 is 31.3 Å². The van der Waals surface area contributed by atoms with Crippen molar-refractivity contribution in [1.82, 2.24) is 0 Å². The van der Waals surface area contributed by atoms with Gasteiger partial charge in [0.2, 0.25) is 0 Å². The normalized spacial score (nSPS) is 12.1. The molecule has 0 aliphatic carbocycles. The van der Waals surface area contributed by atoms with Crippen LogP contribution < -0.4 is 0 Å². The molecule has 5 heteroatoms. The van der Waals surface area contributed by atoms with Gasteiger partial charge in [-0.25, -0.2) is 12.8 Å². The summed E-state index contributed by atoms with van der Waals surface area (Å²) >= 11 is 1.33. The first-order chi connectivity index (χ1) is 7.50. The van der Waals surface area contributed by atoms with Crippen LogP contribution in [0.1, 0.15) is 11.8 Å². The molecule has 0 amide bonds. The molecular formula is C11H11FO2S2. The standard InChI is InChI=1S/C11H11FO2S2/c1-2-16(13,14)7-10-5-8-3-4-9(12)6-11(8)15-10/h3-6H,2,7H2,1H3. The van der Waals surface area contributed by atoms with E-state index >= 15 is 0 Å². The third kappa shape index (κ3) is 2.41. The molecule has 0 atom stereocenters. The van der Waals surface area contributed by atoms with Gasteiger partial charge in [0.25, 0.3) is 0 Å². The van der Waals surface area contributed by atoms with Crippen molar-refractivity contribution < 1.29 is 12.8 Å². The van der Waals surface area contributed by atoms with E-state index < -0.39 is 9.84 Å². The van der Waals surface area contributed by atoms with Crippen LogP contribution in [-0.2, 0) is 15.6 Å². The van der Waals surface area contributed by atoms with Crippen LogP contribution in [0.2, 0.25) is 0 Å². The molecule has 0 saturated carbocycles. The van der Waals surface area contributed by atoms with Gasteiger partial charge < -0.3 is 0 Å². The van der Waals surface area contributed by atoms with Gasteiger partial charge in [-0.2, -0.15) is 0 Å². The lowest BCUT2D eigenvalue weighted by molar-refractivity contribution is 0.597. The summed E-state index contributed by atoms with van der Waals surface area (Å²) in [6.45, 7) is 1.63. The average molecular weight is 258 g/mol. The molecule has 2 rings (SSSR count). The summed E-state index contributed by atoms with van der Waals surface area (Å²) in [6, 6.07) is 6.30. The smallest absolute Gasteiger partial charge is 0.154 e. The molecule has 0 aliphatic heterocycles. The van der Waals surface area contributed by atoms with Crippen molar-refractivity contribution in [3.63, 3.8) is 0 Å². The molecule has 2 nitrogen and oxygen atoms in total. The molecule has 16 heavy (non-hydrogen) atoms. The predicted molar refractivity (Wildman–Crippen MR) is 64.9 cm³/mol. The number of rotatable bonds is 3. The predicted octanol–water partition coefficient (Wildman–Crippen LogP) is 2.98. The molecule has 1 aromatic heterocycles. The van der Waals surface area contributed by atoms with Crippen LogP contribution in [0.25, 0.3) is 10.1 Å². The first-order valence-corrected chi connectivity index (χ1v) is 7.52. The Morgan fingerprint density at radius 3 is 2.75 bits per heavy atom. The highest BCUT2D eigenvalue weighted by molar-refractivity contribution is 7.90. The summed E-state index contributed by atoms with van der Waals surface area (Å²) in [5.41, 5.74) is 0. The largest absolute Gasteiger partial charge is 0.228 e. The summed E-state index contributed by atoms with van der Waals surface area (Å²) in [5.74, 6) is -0.112. The number of hydrogen-bond acceptors (Lipinski definition) is 3. The Morgan fingerprint density at radius 2 is 2.06 bits per heavy atom. The van der Waals surface area contributed by atoms with Gasteiger partial charge in [0.05, 0.1) is 5.75 Å². The van der Waals surface area contributed by atoms with E-state index in [0.717, 1.165) is 15.0 Å². The summed E-state index contributed by atoms with van der Waals surface area (Å²) in [6.07, 6.45) is 0. The number of sulfone groups is 1. The number of halogens is 1. The molecule has 1 heterocycles. The molecule has 0 radical (unpaired) electrons. The molecule has 0 N–H and O–H groups in total. The Morgan fingerprint density at radius 1 is 1.31 bits per heavy atom. The number of thiophene rings is 1. The fourth-order valence-electron chi connectivity index (χ4n) is 1.45. The maximum absolute atomic E-state index is 12.9. The molecule has 86 valence electrons. The Kier molecular flexibility index (Phi) is 2.99. The van der Waals surface area contributed by atoms with E-state index in [4.69, 9.17) is 0 Å². The van der Waals surface area contributed by atoms with Crippen molar-refractivity contribution in [2.24, 2.45) is 0 Å². The minimum atomic E-state index is -3.01. The molecule has 0 aliphatic rings. The van der Waals surface area contributed by atoms with Crippen LogP contribution in [0.15, 0.2) is 24.3 Å². The van der Waals surface area contributed by atoms with E-state index in [1.54, 1.807) is 13.0 Å². The maximum Gasteiger partial charge on any atom is 0.154 e. The highest BCUT2D eigenvalue weighted by atomic mass is 32.2. The maximum atomic E-state index is 12.9. The zero-order valence-corrected chi connectivity index (χ0v) is 10.4. The quantitative estimate of drug-likeness (QED) is 0.848. The highest BCUT2D eigenvalue weighted by Crippen LogP contribution is 2.27. The van der Waals surface area contributed by atoms with Crippen LogP contribution in [0.5, 0.6) is 0 Å². The fourth-order valence-corrected chi connectivity index (χ4v) is 3.83. The van der Waals surface area contributed by atoms with Gasteiger partial charge >= 0.3 is 0 Å². The van der Waals surface area contributed by atoms with Gasteiger partial charge in [0.15, 0.2) is 9.84 Å². The van der Waals surface area contributed by atoms with Crippen molar-refractivity contribution in [1.29, 1.82) is 0 Å². The summed E-state index contributed by atoms with van der Waals surface area (Å²) in [4.78, 5) is 0.766. The minimum Gasteiger partial charge on any atom is -0.228 e. The summed E-state index contributed by atoms with van der Waals surface area (Å²) < 4.78 is 36.6. The molecule has 0 spiro atoms. The average Bonchev–Trinajstić information content (AvgIpc) is 2.58. The third-order valence-corrected chi connectivity index (χ3v) is 5.25. The van der Waals surface area contributed by atoms with Crippen LogP contribution >= 0.6 is 11.3 Å². The second kappa shape index (κ2) is 4.14. The van der Waals surface area contributed by atoms with Gasteiger partial charge in [0.1, 0.15) is 5.82 Å². The number of fused-ring (bicyclic) bond motifs is 1. The SMILES string of the molecule is CCS(=O)(=O)Cc1cc2ccc(F)cc2s1. The second-order valence-corrected chi connectivity index (χ2v) is 7.09. The Hall–Kier alpha value is -0.940. The van der Waals surface area contributed by atoms with Gasteiger partial charge in [-0.05, 0) is 23.6 Å². The van der Waals surface area contributed by atoms with Gasteiger partial charge in [0, 0.05) is 15.3 Å². The van der Waals surface area contributed by atoms with Gasteiger partial charge in [-0.15, -0.1) is 11.3 Å². The topological polar surface area (TPSA) is 34.1 Å². The van der Waals surface area contributed by atoms with E-state index in [0.29, 0.717) is 0 Å². The van der Waals surface area contributed by atoms with Crippen LogP contribution in [-0.4, -0.2) is 14.2 Å². The zero-order chi connectivity index (χ0) is 11.8. The van der Waals surface area contributed by atoms with Crippen molar-refractivity contribution in [2.45, 2.75) is 12.7 Å². The van der Waals surface area contributed by atoms with Crippen LogP contribution in [0.4, 0.5) is 4.39 Å². The summed E-state index contributed by atoms with van der Waals surface area (Å²) in [7, 11) is -3.01. The Bertz CT molecular complexity index is 614. The van der Waals surface area contributed by atoms with Crippen molar-refractivity contribution in [2.75, 3.05) is 5.75 Å². The van der Waals surface area contributed by atoms with E-state index in [9.17, 15) is 12.8 Å². The third-order valence-electron chi connectivity index (χ3n) is 2.34. The van der Waals surface area contributed by atoms with Gasteiger partial charge in [-0.3, -0.25) is 0 Å². The molecule has 0 fully saturated rings. The van der Waals surface area contributed by atoms with Gasteiger partial charge in [-0.1, -0.05) is 13.0 Å². The van der Waals surface area contributed by atoms with E-state index in [1.165, 1.54) is 23.5 Å². The first-order valence-electron chi connectivity index (χ1n) is 4.88. The molecule has 0 saturated heterocycles. The molecule has 0 unspecified atom stereocenters. The highest BCUT2D eigenvalue weighted by Gasteiger charge is 2.11. The molecule has 2 aromatic rings. The summed E-state index contributed by atoms with van der Waals surface area (Å²) in [5, 5.41) is 0.896. The van der Waals surface area contributed by atoms with Crippen molar-refractivity contribution in [3.05, 3.63) is 35.0 Å². The molecular weight excluding hydrogens is 247 g/mol. The Labute approximate surface area is 97.6 Å². The zero-order valence-electron chi connectivity index (χ0n) is 8.73. The van der Waals surface area contributed by atoms with Crippen LogP contribution in [0, 0.1) is 5.82 Å².